The maximum absolute atomic E-state index is 11.3. The molecule has 18 heavy (non-hydrogen) atoms. The largest absolute Gasteiger partial charge is 0.507 e. The smallest absolute Gasteiger partial charge is 0.302 e. The Balaban J connectivity index is 2.97. The second-order valence-electron chi connectivity index (χ2n) is 3.83. The van der Waals surface area contributed by atoms with Crippen LogP contribution in [0.4, 0.5) is 0 Å². The van der Waals surface area contributed by atoms with Crippen LogP contribution in [0.2, 0.25) is 0 Å². The van der Waals surface area contributed by atoms with Gasteiger partial charge >= 0.3 is 5.97 Å². The van der Waals surface area contributed by atoms with E-state index in [1.807, 2.05) is 0 Å². The summed E-state index contributed by atoms with van der Waals surface area (Å²) in [6.07, 6.45) is 0.420. The van der Waals surface area contributed by atoms with E-state index in [0.717, 1.165) is 0 Å². The Morgan fingerprint density at radius 3 is 2.44 bits per heavy atom. The van der Waals surface area contributed by atoms with E-state index in [1.54, 1.807) is 6.07 Å². The minimum Gasteiger partial charge on any atom is -0.507 e. The van der Waals surface area contributed by atoms with Crippen LogP contribution in [-0.4, -0.2) is 30.6 Å². The highest BCUT2D eigenvalue weighted by Crippen LogP contribution is 2.29. The molecule has 0 unspecified atom stereocenters. The molecule has 0 amide bonds. The summed E-state index contributed by atoms with van der Waals surface area (Å²) in [7, 11) is 1.47. The summed E-state index contributed by atoms with van der Waals surface area (Å²) in [5, 5.41) is 9.64. The summed E-state index contributed by atoms with van der Waals surface area (Å²) in [6.45, 7) is 2.90. The molecule has 1 N–H and O–H groups in total. The number of rotatable bonds is 5. The van der Waals surface area contributed by atoms with Crippen LogP contribution in [0.3, 0.4) is 0 Å². The molecule has 0 heterocycles. The monoisotopic (exact) mass is 252 g/mol. The number of methoxy groups -OCH3 is 1. The molecule has 0 saturated carbocycles. The van der Waals surface area contributed by atoms with Crippen LogP contribution in [0, 0.1) is 0 Å². The Morgan fingerprint density at radius 2 is 1.94 bits per heavy atom. The van der Waals surface area contributed by atoms with Gasteiger partial charge in [-0.2, -0.15) is 0 Å². The van der Waals surface area contributed by atoms with Gasteiger partial charge in [-0.25, -0.2) is 0 Å². The molecule has 0 aromatic heterocycles. The zero-order valence-corrected chi connectivity index (χ0v) is 10.6. The maximum Gasteiger partial charge on any atom is 0.302 e. The van der Waals surface area contributed by atoms with E-state index in [1.165, 1.54) is 27.0 Å². The first kappa shape index (κ1) is 14.0. The van der Waals surface area contributed by atoms with Gasteiger partial charge in [0.1, 0.15) is 11.5 Å². The third-order valence-electron chi connectivity index (χ3n) is 2.45. The van der Waals surface area contributed by atoms with Crippen molar-refractivity contribution in [2.75, 3.05) is 13.7 Å². The van der Waals surface area contributed by atoms with Crippen molar-refractivity contribution in [3.05, 3.63) is 23.3 Å². The minimum absolute atomic E-state index is 0.115. The molecule has 0 aliphatic heterocycles. The van der Waals surface area contributed by atoms with Gasteiger partial charge in [-0.1, -0.05) is 0 Å². The lowest BCUT2D eigenvalue weighted by Gasteiger charge is -2.11. The molecule has 0 fully saturated rings. The summed E-state index contributed by atoms with van der Waals surface area (Å²) in [5.41, 5.74) is 0.940. The summed E-state index contributed by atoms with van der Waals surface area (Å²) >= 11 is 0. The third-order valence-corrected chi connectivity index (χ3v) is 2.45. The SMILES string of the molecule is COc1cc(O)c(C(C)=O)cc1CCOC(C)=O. The fourth-order valence-electron chi connectivity index (χ4n) is 1.59. The molecule has 98 valence electrons. The highest BCUT2D eigenvalue weighted by atomic mass is 16.5. The van der Waals surface area contributed by atoms with E-state index in [-0.39, 0.29) is 29.7 Å². The van der Waals surface area contributed by atoms with E-state index < -0.39 is 0 Å². The average Bonchev–Trinajstić information content (AvgIpc) is 2.29. The first-order valence-electron chi connectivity index (χ1n) is 5.50. The number of esters is 1. The van der Waals surface area contributed by atoms with Crippen LogP contribution < -0.4 is 4.74 Å². The van der Waals surface area contributed by atoms with Crippen molar-refractivity contribution >= 4 is 11.8 Å². The summed E-state index contributed by atoms with van der Waals surface area (Å²) in [5.74, 6) is -0.247. The van der Waals surface area contributed by atoms with E-state index in [9.17, 15) is 14.7 Å². The topological polar surface area (TPSA) is 72.8 Å². The quantitative estimate of drug-likeness (QED) is 0.638. The van der Waals surface area contributed by atoms with Gasteiger partial charge in [-0.05, 0) is 18.6 Å². The number of benzene rings is 1. The predicted molar refractivity (Wildman–Crippen MR) is 65.0 cm³/mol. The average molecular weight is 252 g/mol. The zero-order valence-electron chi connectivity index (χ0n) is 10.6. The van der Waals surface area contributed by atoms with Crippen LogP contribution in [-0.2, 0) is 16.0 Å². The van der Waals surface area contributed by atoms with E-state index in [2.05, 4.69) is 0 Å². The standard InChI is InChI=1S/C13H16O5/c1-8(14)11-6-10(4-5-18-9(2)15)13(17-3)7-12(11)16/h6-7,16H,4-5H2,1-3H3. The molecule has 0 atom stereocenters. The molecule has 0 saturated heterocycles. The van der Waals surface area contributed by atoms with Gasteiger partial charge in [0.05, 0.1) is 19.3 Å². The Bertz CT molecular complexity index is 465. The number of Topliss-reactive ketones (excluding diaryl/α,β-unsaturated/α-hetero) is 1. The molecular formula is C13H16O5. The molecule has 0 bridgehead atoms. The number of carbonyl (C=O) groups is 2. The van der Waals surface area contributed by atoms with Crippen molar-refractivity contribution in [2.45, 2.75) is 20.3 Å². The highest BCUT2D eigenvalue weighted by Gasteiger charge is 2.13. The summed E-state index contributed by atoms with van der Waals surface area (Å²) in [4.78, 5) is 22.0. The molecule has 5 heteroatoms. The summed E-state index contributed by atoms with van der Waals surface area (Å²) < 4.78 is 9.94. The highest BCUT2D eigenvalue weighted by molar-refractivity contribution is 5.97. The first-order valence-corrected chi connectivity index (χ1v) is 5.50. The van der Waals surface area contributed by atoms with Crippen LogP contribution in [0.25, 0.3) is 0 Å². The molecule has 5 nitrogen and oxygen atoms in total. The van der Waals surface area contributed by atoms with Crippen LogP contribution in [0.5, 0.6) is 11.5 Å². The van der Waals surface area contributed by atoms with Crippen LogP contribution in [0.1, 0.15) is 29.8 Å². The number of aromatic hydroxyl groups is 1. The molecule has 0 aliphatic rings. The molecule has 1 rings (SSSR count). The lowest BCUT2D eigenvalue weighted by atomic mass is 10.0. The van der Waals surface area contributed by atoms with Crippen molar-refractivity contribution in [1.82, 2.24) is 0 Å². The molecular weight excluding hydrogens is 236 g/mol. The fraction of sp³-hybridized carbons (Fsp3) is 0.385. The molecule has 0 aliphatic carbocycles. The molecule has 0 spiro atoms. The lowest BCUT2D eigenvalue weighted by Crippen LogP contribution is -2.05. The van der Waals surface area contributed by atoms with Gasteiger partial charge in [-0.15, -0.1) is 0 Å². The van der Waals surface area contributed by atoms with E-state index in [4.69, 9.17) is 9.47 Å². The van der Waals surface area contributed by atoms with E-state index in [0.29, 0.717) is 17.7 Å². The predicted octanol–water partition coefficient (Wildman–Crippen LogP) is 1.71. The van der Waals surface area contributed by atoms with Gasteiger partial charge in [-0.3, -0.25) is 9.59 Å². The summed E-state index contributed by atoms with van der Waals surface area (Å²) in [6, 6.07) is 2.94. The number of hydrogen-bond acceptors (Lipinski definition) is 5. The van der Waals surface area contributed by atoms with Gasteiger partial charge in [0, 0.05) is 19.4 Å². The Labute approximate surface area is 105 Å². The second kappa shape index (κ2) is 6.05. The van der Waals surface area contributed by atoms with Gasteiger partial charge in [0.15, 0.2) is 5.78 Å². The Kier molecular flexibility index (Phi) is 4.71. The molecule has 1 aromatic rings. The fourth-order valence-corrected chi connectivity index (χ4v) is 1.59. The number of ketones is 1. The minimum atomic E-state index is -0.362. The number of phenolic OH excluding ortho intramolecular Hbond substituents is 1. The van der Waals surface area contributed by atoms with Crippen molar-refractivity contribution in [3.8, 4) is 11.5 Å². The Hall–Kier alpha value is -2.04. The van der Waals surface area contributed by atoms with Gasteiger partial charge in [0.25, 0.3) is 0 Å². The van der Waals surface area contributed by atoms with Gasteiger partial charge in [0.2, 0.25) is 0 Å². The van der Waals surface area contributed by atoms with Crippen LogP contribution in [0.15, 0.2) is 12.1 Å². The Morgan fingerprint density at radius 1 is 1.28 bits per heavy atom. The van der Waals surface area contributed by atoms with Crippen molar-refractivity contribution in [1.29, 1.82) is 0 Å². The first-order chi connectivity index (χ1) is 8.45. The van der Waals surface area contributed by atoms with Crippen molar-refractivity contribution < 1.29 is 24.2 Å². The zero-order chi connectivity index (χ0) is 13.7. The maximum atomic E-state index is 11.3. The van der Waals surface area contributed by atoms with E-state index >= 15 is 0 Å². The number of carbonyl (C=O) groups excluding carboxylic acids is 2. The van der Waals surface area contributed by atoms with Crippen molar-refractivity contribution in [3.63, 3.8) is 0 Å². The van der Waals surface area contributed by atoms with Crippen LogP contribution >= 0.6 is 0 Å². The lowest BCUT2D eigenvalue weighted by molar-refractivity contribution is -0.140. The third kappa shape index (κ3) is 3.48. The van der Waals surface area contributed by atoms with Crippen molar-refractivity contribution in [2.24, 2.45) is 0 Å². The number of ether oxygens (including phenoxy) is 2. The number of hydrogen-bond donors (Lipinski definition) is 1. The molecule has 1 aromatic carbocycles. The second-order valence-corrected chi connectivity index (χ2v) is 3.83. The van der Waals surface area contributed by atoms with Gasteiger partial charge < -0.3 is 14.6 Å². The normalized spacial score (nSPS) is 9.94. The molecule has 0 radical (unpaired) electrons. The number of phenols is 1.